The van der Waals surface area contributed by atoms with E-state index in [1.165, 1.54) is 12.6 Å². The molecule has 1 saturated carbocycles. The molecular weight excluding hydrogens is 374 g/mol. The third-order valence-corrected chi connectivity index (χ3v) is 4.94. The maximum atomic E-state index is 12.1. The van der Waals surface area contributed by atoms with Crippen LogP contribution in [0.4, 0.5) is 0 Å². The van der Waals surface area contributed by atoms with Crippen molar-refractivity contribution in [1.82, 2.24) is 4.98 Å². The number of carbonyl (C=O) groups is 2. The molecule has 1 heterocycles. The highest BCUT2D eigenvalue weighted by Crippen LogP contribution is 2.35. The van der Waals surface area contributed by atoms with E-state index >= 15 is 0 Å². The maximum Gasteiger partial charge on any atom is 0.344 e. The Morgan fingerprint density at radius 1 is 1.33 bits per heavy atom. The van der Waals surface area contributed by atoms with Crippen LogP contribution in [0.25, 0.3) is 0 Å². The van der Waals surface area contributed by atoms with Gasteiger partial charge in [0.05, 0.1) is 5.56 Å². The summed E-state index contributed by atoms with van der Waals surface area (Å²) in [7, 11) is 0. The Morgan fingerprint density at radius 3 is 2.75 bits per heavy atom. The van der Waals surface area contributed by atoms with E-state index < -0.39 is 11.9 Å². The third-order valence-electron chi connectivity index (χ3n) is 4.51. The molecule has 1 aliphatic carbocycles. The minimum Gasteiger partial charge on any atom is -0.460 e. The van der Waals surface area contributed by atoms with Gasteiger partial charge in [-0.1, -0.05) is 27.2 Å². The minimum absolute atomic E-state index is 0.0903. The molecule has 3 atom stereocenters. The normalized spacial score (nSPS) is 23.8. The van der Waals surface area contributed by atoms with Gasteiger partial charge in [-0.15, -0.1) is 0 Å². The number of rotatable bonds is 5. The zero-order valence-corrected chi connectivity index (χ0v) is 15.9. The number of pyridine rings is 1. The Balaban J connectivity index is 1.86. The van der Waals surface area contributed by atoms with Crippen molar-refractivity contribution in [3.05, 3.63) is 28.5 Å². The Kier molecular flexibility index (Phi) is 6.78. The number of aromatic nitrogens is 1. The summed E-state index contributed by atoms with van der Waals surface area (Å²) >= 11 is 3.24. The molecule has 0 bridgehead atoms. The van der Waals surface area contributed by atoms with Crippen LogP contribution in [0.3, 0.4) is 0 Å². The summed E-state index contributed by atoms with van der Waals surface area (Å²) in [5, 5.41) is 0. The number of ether oxygens (including phenoxy) is 2. The van der Waals surface area contributed by atoms with Gasteiger partial charge in [-0.2, -0.15) is 0 Å². The number of hydrogen-bond acceptors (Lipinski definition) is 5. The predicted molar refractivity (Wildman–Crippen MR) is 93.4 cm³/mol. The van der Waals surface area contributed by atoms with Crippen molar-refractivity contribution < 1.29 is 19.1 Å². The second-order valence-corrected chi connectivity index (χ2v) is 7.74. The number of halogens is 1. The molecule has 0 N–H and O–H groups in total. The first-order valence-electron chi connectivity index (χ1n) is 8.34. The van der Waals surface area contributed by atoms with Crippen molar-refractivity contribution in [2.45, 2.75) is 46.1 Å². The molecule has 1 aromatic rings. The molecule has 1 aliphatic rings. The van der Waals surface area contributed by atoms with E-state index in [2.05, 4.69) is 41.7 Å². The molecule has 24 heavy (non-hydrogen) atoms. The number of esters is 2. The van der Waals surface area contributed by atoms with Crippen LogP contribution < -0.4 is 0 Å². The van der Waals surface area contributed by atoms with Gasteiger partial charge in [0.25, 0.3) is 0 Å². The second-order valence-electron chi connectivity index (χ2n) is 6.82. The molecule has 5 nitrogen and oxygen atoms in total. The molecule has 132 valence electrons. The van der Waals surface area contributed by atoms with Crippen molar-refractivity contribution in [3.63, 3.8) is 0 Å². The Labute approximate surface area is 151 Å². The fourth-order valence-corrected chi connectivity index (χ4v) is 3.55. The lowest BCUT2D eigenvalue weighted by Crippen LogP contribution is -2.36. The summed E-state index contributed by atoms with van der Waals surface area (Å²) in [4.78, 5) is 27.9. The predicted octanol–water partition coefficient (Wildman–Crippen LogP) is 4.00. The average Bonchev–Trinajstić information content (AvgIpc) is 2.52. The number of carbonyl (C=O) groups excluding carboxylic acids is 2. The van der Waals surface area contributed by atoms with Gasteiger partial charge in [0.1, 0.15) is 6.10 Å². The molecule has 0 spiro atoms. The van der Waals surface area contributed by atoms with Crippen molar-refractivity contribution in [1.29, 1.82) is 0 Å². The lowest BCUT2D eigenvalue weighted by molar-refractivity contribution is -0.159. The first-order valence-corrected chi connectivity index (χ1v) is 9.13. The lowest BCUT2D eigenvalue weighted by atomic mass is 9.75. The van der Waals surface area contributed by atoms with Crippen LogP contribution >= 0.6 is 15.9 Å². The Bertz CT molecular complexity index is 590. The van der Waals surface area contributed by atoms with Crippen molar-refractivity contribution in [3.8, 4) is 0 Å². The lowest BCUT2D eigenvalue weighted by Gasteiger charge is -2.36. The van der Waals surface area contributed by atoms with E-state index in [0.29, 0.717) is 27.8 Å². The summed E-state index contributed by atoms with van der Waals surface area (Å²) in [5.41, 5.74) is 0.295. The molecule has 1 fully saturated rings. The zero-order chi connectivity index (χ0) is 17.7. The molecule has 0 aliphatic heterocycles. The summed E-state index contributed by atoms with van der Waals surface area (Å²) in [6, 6.07) is 1.60. The van der Waals surface area contributed by atoms with E-state index in [-0.39, 0.29) is 12.7 Å². The Hall–Kier alpha value is -1.43. The highest BCUT2D eigenvalue weighted by Gasteiger charge is 2.33. The first kappa shape index (κ1) is 18.9. The van der Waals surface area contributed by atoms with Gasteiger partial charge in [0, 0.05) is 16.9 Å². The van der Waals surface area contributed by atoms with E-state index in [1.54, 1.807) is 12.3 Å². The SMILES string of the molecule is CC(C)[C@@H]1CC[C@H](C)C[C@H]1OC(=O)COC(=O)c1cncc(Br)c1. The zero-order valence-electron chi connectivity index (χ0n) is 14.3. The standard InChI is InChI=1S/C18H24BrNO4/c1-11(2)15-5-4-12(3)6-16(15)24-17(21)10-23-18(22)13-7-14(19)9-20-8-13/h7-9,11-12,15-16H,4-6,10H2,1-3H3/t12-,15-,16+/m0/s1. The smallest absolute Gasteiger partial charge is 0.344 e. The van der Waals surface area contributed by atoms with Crippen LogP contribution in [0.2, 0.25) is 0 Å². The van der Waals surface area contributed by atoms with Crippen LogP contribution in [0.5, 0.6) is 0 Å². The molecule has 0 aromatic carbocycles. The van der Waals surface area contributed by atoms with E-state index in [9.17, 15) is 9.59 Å². The maximum absolute atomic E-state index is 12.1. The van der Waals surface area contributed by atoms with Crippen LogP contribution in [0, 0.1) is 17.8 Å². The highest BCUT2D eigenvalue weighted by molar-refractivity contribution is 9.10. The van der Waals surface area contributed by atoms with Crippen molar-refractivity contribution in [2.75, 3.05) is 6.61 Å². The summed E-state index contributed by atoms with van der Waals surface area (Å²) in [6.45, 7) is 6.11. The quantitative estimate of drug-likeness (QED) is 0.702. The topological polar surface area (TPSA) is 65.5 Å². The summed E-state index contributed by atoms with van der Waals surface area (Å²) < 4.78 is 11.3. The fourth-order valence-electron chi connectivity index (χ4n) is 3.18. The molecule has 0 amide bonds. The van der Waals surface area contributed by atoms with E-state index in [0.717, 1.165) is 12.8 Å². The highest BCUT2D eigenvalue weighted by atomic mass is 79.9. The third kappa shape index (κ3) is 5.30. The molecule has 0 radical (unpaired) electrons. The van der Waals surface area contributed by atoms with Gasteiger partial charge < -0.3 is 9.47 Å². The van der Waals surface area contributed by atoms with Crippen molar-refractivity contribution in [2.24, 2.45) is 17.8 Å². The largest absolute Gasteiger partial charge is 0.460 e. The van der Waals surface area contributed by atoms with Crippen LogP contribution in [-0.2, 0) is 14.3 Å². The Morgan fingerprint density at radius 2 is 2.08 bits per heavy atom. The van der Waals surface area contributed by atoms with Gasteiger partial charge in [-0.3, -0.25) is 4.98 Å². The van der Waals surface area contributed by atoms with Gasteiger partial charge >= 0.3 is 11.9 Å². The molecule has 0 unspecified atom stereocenters. The molecule has 6 heteroatoms. The number of hydrogen-bond donors (Lipinski definition) is 0. The van der Waals surface area contributed by atoms with Crippen LogP contribution in [0.1, 0.15) is 50.4 Å². The van der Waals surface area contributed by atoms with Gasteiger partial charge in [-0.05, 0) is 52.6 Å². The van der Waals surface area contributed by atoms with E-state index in [4.69, 9.17) is 9.47 Å². The number of nitrogens with zero attached hydrogens (tertiary/aromatic N) is 1. The van der Waals surface area contributed by atoms with Gasteiger partial charge in [-0.25, -0.2) is 9.59 Å². The van der Waals surface area contributed by atoms with E-state index in [1.807, 2.05) is 0 Å². The molecule has 1 aromatic heterocycles. The van der Waals surface area contributed by atoms with Crippen LogP contribution in [-0.4, -0.2) is 29.6 Å². The molecule has 0 saturated heterocycles. The summed E-state index contributed by atoms with van der Waals surface area (Å²) in [5.74, 6) is 0.308. The molecular formula is C18H24BrNO4. The fraction of sp³-hybridized carbons (Fsp3) is 0.611. The van der Waals surface area contributed by atoms with Gasteiger partial charge in [0.15, 0.2) is 6.61 Å². The minimum atomic E-state index is -0.585. The second kappa shape index (κ2) is 8.60. The molecule has 2 rings (SSSR count). The van der Waals surface area contributed by atoms with Crippen molar-refractivity contribution >= 4 is 27.9 Å². The van der Waals surface area contributed by atoms with Crippen LogP contribution in [0.15, 0.2) is 22.9 Å². The monoisotopic (exact) mass is 397 g/mol. The first-order chi connectivity index (χ1) is 11.4. The van der Waals surface area contributed by atoms with Gasteiger partial charge in [0.2, 0.25) is 0 Å². The summed E-state index contributed by atoms with van der Waals surface area (Å²) in [6.07, 6.45) is 5.99. The average molecular weight is 398 g/mol.